The number of nitrogens with zero attached hydrogens (tertiary/aromatic N) is 1. The molecule has 0 aromatic carbocycles. The van der Waals surface area contributed by atoms with E-state index in [1.807, 2.05) is 10.6 Å². The molecule has 0 aliphatic carbocycles. The van der Waals surface area contributed by atoms with Gasteiger partial charge in [-0.15, -0.1) is 0 Å². The van der Waals surface area contributed by atoms with Gasteiger partial charge in [-0.25, -0.2) is 0 Å². The summed E-state index contributed by atoms with van der Waals surface area (Å²) in [7, 11) is 0. The first kappa shape index (κ1) is 11.8. The van der Waals surface area contributed by atoms with Crippen LogP contribution in [-0.4, -0.2) is 4.57 Å². The highest BCUT2D eigenvalue weighted by atomic mass is 16.1. The Hall–Kier alpha value is -1.25. The van der Waals surface area contributed by atoms with Crippen LogP contribution in [0.5, 0.6) is 0 Å². The molecule has 1 aromatic heterocycles. The Kier molecular flexibility index (Phi) is 3.56. The molecule has 84 valence electrons. The minimum atomic E-state index is 0.00685. The summed E-state index contributed by atoms with van der Waals surface area (Å²) in [6.07, 6.45) is 0. The molecule has 0 spiro atoms. The van der Waals surface area contributed by atoms with Crippen molar-refractivity contribution in [3.8, 4) is 0 Å². The number of nitrogen functional groups attached to an aromatic ring is 1. The maximum Gasteiger partial charge on any atom is 0.252 e. The Bertz CT molecular complexity index is 391. The molecule has 0 fully saturated rings. The third kappa shape index (κ3) is 2.85. The van der Waals surface area contributed by atoms with Crippen molar-refractivity contribution >= 4 is 5.69 Å². The van der Waals surface area contributed by atoms with Gasteiger partial charge in [-0.05, 0) is 17.9 Å². The Morgan fingerprint density at radius 2 is 1.87 bits per heavy atom. The molecule has 0 radical (unpaired) electrons. The standard InChI is InChI=1S/C12H20N2O/c1-8(2)7-14-11(9(3)4)5-10(13)6-12(14)15/h5-6,8-9H,7,13H2,1-4H3. The summed E-state index contributed by atoms with van der Waals surface area (Å²) in [5.41, 5.74) is 7.27. The summed E-state index contributed by atoms with van der Waals surface area (Å²) in [5, 5.41) is 0. The Morgan fingerprint density at radius 1 is 1.27 bits per heavy atom. The van der Waals surface area contributed by atoms with Gasteiger partial charge in [-0.2, -0.15) is 0 Å². The number of hydrogen-bond donors (Lipinski definition) is 1. The molecule has 0 amide bonds. The van der Waals surface area contributed by atoms with Crippen LogP contribution in [0.1, 0.15) is 39.3 Å². The van der Waals surface area contributed by atoms with Crippen molar-refractivity contribution in [1.29, 1.82) is 0 Å². The fraction of sp³-hybridized carbons (Fsp3) is 0.583. The lowest BCUT2D eigenvalue weighted by molar-refractivity contribution is 0.488. The maximum absolute atomic E-state index is 11.8. The highest BCUT2D eigenvalue weighted by Crippen LogP contribution is 2.16. The first-order valence-electron chi connectivity index (χ1n) is 5.42. The van der Waals surface area contributed by atoms with E-state index in [4.69, 9.17) is 5.73 Å². The molecule has 3 heteroatoms. The van der Waals surface area contributed by atoms with Gasteiger partial charge in [0.05, 0.1) is 0 Å². The summed E-state index contributed by atoms with van der Waals surface area (Å²) < 4.78 is 1.83. The van der Waals surface area contributed by atoms with E-state index in [1.165, 1.54) is 6.07 Å². The molecule has 0 bridgehead atoms. The smallest absolute Gasteiger partial charge is 0.252 e. The van der Waals surface area contributed by atoms with Crippen LogP contribution in [0.25, 0.3) is 0 Å². The Balaban J connectivity index is 3.27. The summed E-state index contributed by atoms with van der Waals surface area (Å²) in [5.74, 6) is 0.781. The molecule has 0 aliphatic heterocycles. The summed E-state index contributed by atoms with van der Waals surface area (Å²) in [4.78, 5) is 11.8. The average molecular weight is 208 g/mol. The van der Waals surface area contributed by atoms with E-state index in [2.05, 4.69) is 27.7 Å². The fourth-order valence-electron chi connectivity index (χ4n) is 1.68. The average Bonchev–Trinajstić information content (AvgIpc) is 2.08. The van der Waals surface area contributed by atoms with E-state index in [0.717, 1.165) is 12.2 Å². The molecule has 0 saturated heterocycles. The second-order valence-corrected chi connectivity index (χ2v) is 4.71. The van der Waals surface area contributed by atoms with Crippen molar-refractivity contribution in [1.82, 2.24) is 4.57 Å². The van der Waals surface area contributed by atoms with E-state index in [-0.39, 0.29) is 5.56 Å². The van der Waals surface area contributed by atoms with Crippen LogP contribution in [-0.2, 0) is 6.54 Å². The van der Waals surface area contributed by atoms with Crippen LogP contribution in [0.2, 0.25) is 0 Å². The van der Waals surface area contributed by atoms with Gasteiger partial charge < -0.3 is 10.3 Å². The fourth-order valence-corrected chi connectivity index (χ4v) is 1.68. The van der Waals surface area contributed by atoms with Crippen molar-refractivity contribution < 1.29 is 0 Å². The molecular formula is C12H20N2O. The largest absolute Gasteiger partial charge is 0.399 e. The summed E-state index contributed by atoms with van der Waals surface area (Å²) >= 11 is 0. The molecule has 0 unspecified atom stereocenters. The minimum Gasteiger partial charge on any atom is -0.399 e. The van der Waals surface area contributed by atoms with E-state index in [1.54, 1.807) is 0 Å². The van der Waals surface area contributed by atoms with Gasteiger partial charge in [0, 0.05) is 24.0 Å². The molecule has 0 atom stereocenters. The normalized spacial score (nSPS) is 11.3. The number of aromatic nitrogens is 1. The van der Waals surface area contributed by atoms with Crippen LogP contribution in [0.4, 0.5) is 5.69 Å². The Labute approximate surface area is 90.9 Å². The second-order valence-electron chi connectivity index (χ2n) is 4.71. The zero-order valence-electron chi connectivity index (χ0n) is 9.95. The zero-order chi connectivity index (χ0) is 11.6. The summed E-state index contributed by atoms with van der Waals surface area (Å²) in [6.45, 7) is 9.11. The van der Waals surface area contributed by atoms with E-state index < -0.39 is 0 Å². The Morgan fingerprint density at radius 3 is 2.33 bits per heavy atom. The van der Waals surface area contributed by atoms with Crippen LogP contribution >= 0.6 is 0 Å². The van der Waals surface area contributed by atoms with Crippen LogP contribution in [0, 0.1) is 5.92 Å². The molecule has 1 rings (SSSR count). The van der Waals surface area contributed by atoms with Gasteiger partial charge in [-0.3, -0.25) is 4.79 Å². The lowest BCUT2D eigenvalue weighted by Gasteiger charge is -2.17. The van der Waals surface area contributed by atoms with Crippen molar-refractivity contribution in [2.24, 2.45) is 5.92 Å². The second kappa shape index (κ2) is 4.51. The SMILES string of the molecule is CC(C)Cn1c(C(C)C)cc(N)cc1=O. The lowest BCUT2D eigenvalue weighted by atomic mass is 10.1. The van der Waals surface area contributed by atoms with Crippen molar-refractivity contribution in [2.75, 3.05) is 5.73 Å². The topological polar surface area (TPSA) is 48.0 Å². The van der Waals surface area contributed by atoms with Crippen molar-refractivity contribution in [2.45, 2.75) is 40.2 Å². The van der Waals surface area contributed by atoms with Crippen LogP contribution in [0.15, 0.2) is 16.9 Å². The first-order chi connectivity index (χ1) is 6.91. The first-order valence-corrected chi connectivity index (χ1v) is 5.42. The third-order valence-electron chi connectivity index (χ3n) is 2.32. The van der Waals surface area contributed by atoms with Crippen LogP contribution in [0.3, 0.4) is 0 Å². The number of rotatable bonds is 3. The number of hydrogen-bond acceptors (Lipinski definition) is 2. The van der Waals surface area contributed by atoms with Gasteiger partial charge in [0.2, 0.25) is 0 Å². The predicted molar refractivity (Wildman–Crippen MR) is 64.0 cm³/mol. The molecule has 3 nitrogen and oxygen atoms in total. The molecule has 1 aromatic rings. The van der Waals surface area contributed by atoms with Gasteiger partial charge >= 0.3 is 0 Å². The number of nitrogens with two attached hydrogens (primary N) is 1. The minimum absolute atomic E-state index is 0.00685. The third-order valence-corrected chi connectivity index (χ3v) is 2.32. The van der Waals surface area contributed by atoms with Crippen LogP contribution < -0.4 is 11.3 Å². The van der Waals surface area contributed by atoms with Crippen molar-refractivity contribution in [3.05, 3.63) is 28.2 Å². The molecule has 1 heterocycles. The number of anilines is 1. The molecule has 0 saturated carbocycles. The van der Waals surface area contributed by atoms with E-state index in [9.17, 15) is 4.79 Å². The maximum atomic E-state index is 11.8. The molecule has 2 N–H and O–H groups in total. The zero-order valence-corrected chi connectivity index (χ0v) is 9.95. The summed E-state index contributed by atoms with van der Waals surface area (Å²) in [6, 6.07) is 3.39. The van der Waals surface area contributed by atoms with Crippen molar-refractivity contribution in [3.63, 3.8) is 0 Å². The van der Waals surface area contributed by atoms with Gasteiger partial charge in [0.1, 0.15) is 0 Å². The molecular weight excluding hydrogens is 188 g/mol. The molecule has 15 heavy (non-hydrogen) atoms. The van der Waals surface area contributed by atoms with E-state index >= 15 is 0 Å². The predicted octanol–water partition coefficient (Wildman–Crippen LogP) is 2.21. The number of pyridine rings is 1. The molecule has 0 aliphatic rings. The van der Waals surface area contributed by atoms with Gasteiger partial charge in [0.15, 0.2) is 0 Å². The van der Waals surface area contributed by atoms with E-state index in [0.29, 0.717) is 17.5 Å². The van der Waals surface area contributed by atoms with Gasteiger partial charge in [0.25, 0.3) is 5.56 Å². The monoisotopic (exact) mass is 208 g/mol. The highest BCUT2D eigenvalue weighted by molar-refractivity contribution is 5.38. The quantitative estimate of drug-likeness (QED) is 0.828. The lowest BCUT2D eigenvalue weighted by Crippen LogP contribution is -2.26. The highest BCUT2D eigenvalue weighted by Gasteiger charge is 2.10. The van der Waals surface area contributed by atoms with Gasteiger partial charge in [-0.1, -0.05) is 27.7 Å².